The van der Waals surface area contributed by atoms with E-state index in [1.807, 2.05) is 6.33 Å². The van der Waals surface area contributed by atoms with Crippen molar-refractivity contribution in [3.63, 3.8) is 0 Å². The van der Waals surface area contributed by atoms with Gasteiger partial charge in [0.15, 0.2) is 0 Å². The van der Waals surface area contributed by atoms with Gasteiger partial charge >= 0.3 is 0 Å². The van der Waals surface area contributed by atoms with Gasteiger partial charge in [0.2, 0.25) is 0 Å². The standard InChI is InChI=1S/C14H25N3/c1-4-11(2)12(3)17-10-16-9-14(17)13-6-5-7-15-8-13/h9-13,15H,4-8H2,1-3H3. The van der Waals surface area contributed by atoms with Gasteiger partial charge in [-0.3, -0.25) is 0 Å². The Kier molecular flexibility index (Phi) is 4.21. The number of piperidine rings is 1. The molecule has 2 rings (SSSR count). The Morgan fingerprint density at radius 1 is 1.53 bits per heavy atom. The molecule has 1 aromatic heterocycles. The van der Waals surface area contributed by atoms with E-state index in [4.69, 9.17) is 0 Å². The number of aromatic nitrogens is 2. The number of rotatable bonds is 4. The Labute approximate surface area is 105 Å². The van der Waals surface area contributed by atoms with Gasteiger partial charge in [0.25, 0.3) is 0 Å². The second-order valence-electron chi connectivity index (χ2n) is 5.40. The fourth-order valence-corrected chi connectivity index (χ4v) is 2.69. The minimum Gasteiger partial charge on any atom is -0.331 e. The summed E-state index contributed by atoms with van der Waals surface area (Å²) in [6, 6.07) is 0.555. The van der Waals surface area contributed by atoms with Crippen molar-refractivity contribution in [3.05, 3.63) is 18.2 Å². The molecule has 96 valence electrons. The molecule has 3 unspecified atom stereocenters. The third kappa shape index (κ3) is 2.71. The summed E-state index contributed by atoms with van der Waals surface area (Å²) >= 11 is 0. The van der Waals surface area contributed by atoms with Crippen LogP contribution in [0.5, 0.6) is 0 Å². The lowest BCUT2D eigenvalue weighted by atomic mass is 9.94. The van der Waals surface area contributed by atoms with Crippen molar-refractivity contribution < 1.29 is 0 Å². The average molecular weight is 235 g/mol. The van der Waals surface area contributed by atoms with E-state index in [1.165, 1.54) is 31.5 Å². The first kappa shape index (κ1) is 12.6. The molecule has 1 N–H and O–H groups in total. The largest absolute Gasteiger partial charge is 0.331 e. The summed E-state index contributed by atoms with van der Waals surface area (Å²) in [5.41, 5.74) is 1.42. The van der Waals surface area contributed by atoms with E-state index in [-0.39, 0.29) is 0 Å². The zero-order chi connectivity index (χ0) is 12.3. The first-order chi connectivity index (χ1) is 8.24. The van der Waals surface area contributed by atoms with Crippen LogP contribution in [-0.4, -0.2) is 22.6 Å². The van der Waals surface area contributed by atoms with E-state index in [2.05, 4.69) is 41.8 Å². The average Bonchev–Trinajstić information content (AvgIpc) is 2.87. The molecule has 1 saturated heterocycles. The third-order valence-electron chi connectivity index (χ3n) is 4.32. The topological polar surface area (TPSA) is 29.9 Å². The molecule has 3 nitrogen and oxygen atoms in total. The highest BCUT2D eigenvalue weighted by molar-refractivity contribution is 5.09. The molecule has 3 atom stereocenters. The van der Waals surface area contributed by atoms with Crippen LogP contribution in [0, 0.1) is 5.92 Å². The smallest absolute Gasteiger partial charge is 0.0950 e. The van der Waals surface area contributed by atoms with E-state index in [9.17, 15) is 0 Å². The minimum absolute atomic E-state index is 0.555. The highest BCUT2D eigenvalue weighted by atomic mass is 15.1. The van der Waals surface area contributed by atoms with Gasteiger partial charge in [0, 0.05) is 30.4 Å². The van der Waals surface area contributed by atoms with Crippen molar-refractivity contribution in [2.75, 3.05) is 13.1 Å². The van der Waals surface area contributed by atoms with Crippen LogP contribution in [-0.2, 0) is 0 Å². The molecule has 1 aromatic rings. The Morgan fingerprint density at radius 3 is 3.00 bits per heavy atom. The third-order valence-corrected chi connectivity index (χ3v) is 4.32. The van der Waals surface area contributed by atoms with Crippen molar-refractivity contribution in [3.8, 4) is 0 Å². The molecule has 0 saturated carbocycles. The summed E-state index contributed by atoms with van der Waals surface area (Å²) in [7, 11) is 0. The van der Waals surface area contributed by atoms with E-state index in [1.54, 1.807) is 0 Å². The van der Waals surface area contributed by atoms with Crippen LogP contribution in [0.25, 0.3) is 0 Å². The quantitative estimate of drug-likeness (QED) is 0.869. The van der Waals surface area contributed by atoms with Crippen LogP contribution in [0.2, 0.25) is 0 Å². The molecule has 1 fully saturated rings. The molecule has 0 aromatic carbocycles. The van der Waals surface area contributed by atoms with Gasteiger partial charge in [-0.15, -0.1) is 0 Å². The second-order valence-corrected chi connectivity index (χ2v) is 5.40. The number of hydrogen-bond donors (Lipinski definition) is 1. The summed E-state index contributed by atoms with van der Waals surface area (Å²) in [5, 5.41) is 3.49. The molecule has 2 heterocycles. The van der Waals surface area contributed by atoms with Crippen molar-refractivity contribution in [1.29, 1.82) is 0 Å². The summed E-state index contributed by atoms with van der Waals surface area (Å²) in [4.78, 5) is 4.37. The Bertz CT molecular complexity index is 322. The maximum Gasteiger partial charge on any atom is 0.0950 e. The zero-order valence-corrected chi connectivity index (χ0v) is 11.3. The van der Waals surface area contributed by atoms with Crippen LogP contribution >= 0.6 is 0 Å². The fourth-order valence-electron chi connectivity index (χ4n) is 2.69. The van der Waals surface area contributed by atoms with Crippen LogP contribution in [0.1, 0.15) is 57.7 Å². The van der Waals surface area contributed by atoms with E-state index >= 15 is 0 Å². The lowest BCUT2D eigenvalue weighted by Crippen LogP contribution is -2.30. The molecular weight excluding hydrogens is 210 g/mol. The Morgan fingerprint density at radius 2 is 2.35 bits per heavy atom. The molecular formula is C14H25N3. The van der Waals surface area contributed by atoms with Gasteiger partial charge in [-0.05, 0) is 32.2 Å². The summed E-state index contributed by atoms with van der Waals surface area (Å²) in [5.74, 6) is 1.36. The predicted octanol–water partition coefficient (Wildman–Crippen LogP) is 2.96. The van der Waals surface area contributed by atoms with Gasteiger partial charge < -0.3 is 9.88 Å². The molecule has 0 spiro atoms. The van der Waals surface area contributed by atoms with Crippen LogP contribution in [0.3, 0.4) is 0 Å². The van der Waals surface area contributed by atoms with E-state index < -0.39 is 0 Å². The molecule has 0 bridgehead atoms. The maximum atomic E-state index is 4.37. The minimum atomic E-state index is 0.555. The summed E-state index contributed by atoms with van der Waals surface area (Å²) < 4.78 is 2.39. The van der Waals surface area contributed by atoms with Gasteiger partial charge in [0.1, 0.15) is 0 Å². The Balaban J connectivity index is 2.15. The zero-order valence-electron chi connectivity index (χ0n) is 11.3. The predicted molar refractivity (Wildman–Crippen MR) is 71.2 cm³/mol. The number of imidazole rings is 1. The number of nitrogens with zero attached hydrogens (tertiary/aromatic N) is 2. The number of hydrogen-bond acceptors (Lipinski definition) is 2. The van der Waals surface area contributed by atoms with Crippen molar-refractivity contribution in [2.45, 2.75) is 52.0 Å². The van der Waals surface area contributed by atoms with Gasteiger partial charge in [-0.25, -0.2) is 4.98 Å². The molecule has 3 heteroatoms. The Hall–Kier alpha value is -0.830. The highest BCUT2D eigenvalue weighted by Gasteiger charge is 2.22. The van der Waals surface area contributed by atoms with Crippen LogP contribution in [0.15, 0.2) is 12.5 Å². The normalized spacial score (nSPS) is 24.5. The SMILES string of the molecule is CCC(C)C(C)n1cncc1C1CCCNC1. The lowest BCUT2D eigenvalue weighted by molar-refractivity contribution is 0.346. The highest BCUT2D eigenvalue weighted by Crippen LogP contribution is 2.28. The molecule has 17 heavy (non-hydrogen) atoms. The van der Waals surface area contributed by atoms with Crippen LogP contribution in [0.4, 0.5) is 0 Å². The van der Waals surface area contributed by atoms with Crippen LogP contribution < -0.4 is 5.32 Å². The molecule has 1 aliphatic rings. The first-order valence-electron chi connectivity index (χ1n) is 6.96. The van der Waals surface area contributed by atoms with Gasteiger partial charge in [-0.2, -0.15) is 0 Å². The molecule has 0 aliphatic carbocycles. The van der Waals surface area contributed by atoms with E-state index in [0.717, 1.165) is 6.54 Å². The monoisotopic (exact) mass is 235 g/mol. The fraction of sp³-hybridized carbons (Fsp3) is 0.786. The first-order valence-corrected chi connectivity index (χ1v) is 6.96. The summed E-state index contributed by atoms with van der Waals surface area (Å²) in [6.07, 6.45) is 7.89. The molecule has 1 aliphatic heterocycles. The maximum absolute atomic E-state index is 4.37. The molecule has 0 radical (unpaired) electrons. The number of nitrogens with one attached hydrogen (secondary N) is 1. The second kappa shape index (κ2) is 5.67. The van der Waals surface area contributed by atoms with Gasteiger partial charge in [0.05, 0.1) is 6.33 Å². The van der Waals surface area contributed by atoms with E-state index in [0.29, 0.717) is 17.9 Å². The summed E-state index contributed by atoms with van der Waals surface area (Å²) in [6.45, 7) is 9.19. The van der Waals surface area contributed by atoms with Gasteiger partial charge in [-0.1, -0.05) is 20.3 Å². The van der Waals surface area contributed by atoms with Crippen molar-refractivity contribution in [2.24, 2.45) is 5.92 Å². The lowest BCUT2D eigenvalue weighted by Gasteiger charge is -2.28. The van der Waals surface area contributed by atoms with Crippen molar-refractivity contribution in [1.82, 2.24) is 14.9 Å². The van der Waals surface area contributed by atoms with Crippen molar-refractivity contribution >= 4 is 0 Å². The molecule has 0 amide bonds.